The molecule has 1 aliphatic heterocycles. The van der Waals surface area contributed by atoms with Crippen molar-refractivity contribution in [1.29, 1.82) is 0 Å². The molecular weight excluding hydrogens is 487 g/mol. The number of rotatable bonds is 7. The van der Waals surface area contributed by atoms with E-state index in [9.17, 15) is 0 Å². The highest BCUT2D eigenvalue weighted by Gasteiger charge is 2.32. The number of hydrogen-bond acceptors (Lipinski definition) is 5. The monoisotopic (exact) mass is 514 g/mol. The van der Waals surface area contributed by atoms with Crippen LogP contribution in [0.3, 0.4) is 0 Å². The Kier molecular flexibility index (Phi) is 7.30. The molecule has 2 unspecified atom stereocenters. The lowest BCUT2D eigenvalue weighted by atomic mass is 9.90. The van der Waals surface area contributed by atoms with Crippen LogP contribution in [0.1, 0.15) is 35.7 Å². The highest BCUT2D eigenvalue weighted by molar-refractivity contribution is 14.1. The molecule has 0 spiro atoms. The fraction of sp³-hybridized carbons (Fsp3) is 0.333. The molecule has 5 nitrogen and oxygen atoms in total. The molecule has 30 heavy (non-hydrogen) atoms. The first kappa shape index (κ1) is 21.2. The summed E-state index contributed by atoms with van der Waals surface area (Å²) in [7, 11) is 1.68. The minimum absolute atomic E-state index is 0.295. The number of halogens is 1. The lowest BCUT2D eigenvalue weighted by Gasteiger charge is -2.42. The Morgan fingerprint density at radius 1 is 1.13 bits per heavy atom. The van der Waals surface area contributed by atoms with Gasteiger partial charge < -0.3 is 10.1 Å². The second-order valence-corrected chi connectivity index (χ2v) is 8.84. The van der Waals surface area contributed by atoms with E-state index in [-0.39, 0.29) is 0 Å². The predicted octanol–water partition coefficient (Wildman–Crippen LogP) is 4.59. The molecule has 2 atom stereocenters. The van der Waals surface area contributed by atoms with Crippen LogP contribution in [0.4, 0.5) is 0 Å². The van der Waals surface area contributed by atoms with Crippen molar-refractivity contribution >= 4 is 22.6 Å². The van der Waals surface area contributed by atoms with E-state index in [4.69, 9.17) is 4.74 Å². The average Bonchev–Trinajstić information content (AvgIpc) is 2.79. The maximum absolute atomic E-state index is 5.48. The number of aromatic nitrogens is 2. The van der Waals surface area contributed by atoms with Gasteiger partial charge in [0.1, 0.15) is 0 Å². The molecule has 0 amide bonds. The van der Waals surface area contributed by atoms with Crippen LogP contribution in [-0.2, 0) is 13.1 Å². The van der Waals surface area contributed by atoms with Crippen LogP contribution >= 0.6 is 22.6 Å². The maximum Gasteiger partial charge on any atom is 0.217 e. The summed E-state index contributed by atoms with van der Waals surface area (Å²) in [5, 5.41) is 3.82. The van der Waals surface area contributed by atoms with Crippen LogP contribution in [0.25, 0.3) is 0 Å². The van der Waals surface area contributed by atoms with Crippen LogP contribution in [0.5, 0.6) is 5.88 Å². The minimum atomic E-state index is 0.295. The lowest BCUT2D eigenvalue weighted by molar-refractivity contribution is 0.102. The van der Waals surface area contributed by atoms with Gasteiger partial charge in [-0.05, 0) is 65.7 Å². The zero-order valence-electron chi connectivity index (χ0n) is 17.2. The lowest BCUT2D eigenvalue weighted by Crippen LogP contribution is -2.47. The Hall–Kier alpha value is -2.03. The summed E-state index contributed by atoms with van der Waals surface area (Å²) >= 11 is 2.30. The highest BCUT2D eigenvalue weighted by atomic mass is 127. The van der Waals surface area contributed by atoms with Crippen LogP contribution in [-0.4, -0.2) is 34.6 Å². The van der Waals surface area contributed by atoms with E-state index >= 15 is 0 Å². The Morgan fingerprint density at radius 2 is 1.97 bits per heavy atom. The van der Waals surface area contributed by atoms with E-state index in [0.717, 1.165) is 47.3 Å². The van der Waals surface area contributed by atoms with E-state index in [0.29, 0.717) is 18.0 Å². The van der Waals surface area contributed by atoms with Crippen molar-refractivity contribution in [2.45, 2.75) is 38.0 Å². The zero-order chi connectivity index (χ0) is 20.8. The molecule has 0 aliphatic carbocycles. The third-order valence-electron chi connectivity index (χ3n) is 5.61. The van der Waals surface area contributed by atoms with Gasteiger partial charge >= 0.3 is 0 Å². The predicted molar refractivity (Wildman–Crippen MR) is 127 cm³/mol. The first-order chi connectivity index (χ1) is 14.7. The largest absolute Gasteiger partial charge is 0.481 e. The van der Waals surface area contributed by atoms with Gasteiger partial charge in [-0.2, -0.15) is 0 Å². The molecule has 1 N–H and O–H groups in total. The number of pyridine rings is 2. The summed E-state index contributed by atoms with van der Waals surface area (Å²) in [6.07, 6.45) is 6.02. The Labute approximate surface area is 192 Å². The number of methoxy groups -OCH3 is 1. The summed E-state index contributed by atoms with van der Waals surface area (Å²) in [6.45, 7) is 2.66. The number of nitrogens with one attached hydrogen (secondary N) is 1. The first-order valence-corrected chi connectivity index (χ1v) is 11.4. The van der Waals surface area contributed by atoms with Gasteiger partial charge in [-0.15, -0.1) is 0 Å². The summed E-state index contributed by atoms with van der Waals surface area (Å²) in [6, 6.07) is 19.8. The molecule has 3 heterocycles. The quantitative estimate of drug-likeness (QED) is 0.468. The van der Waals surface area contributed by atoms with Crippen molar-refractivity contribution in [2.24, 2.45) is 0 Å². The molecule has 6 heteroatoms. The molecular formula is C24H27IN4O. The number of likely N-dealkylation sites (tertiary alicyclic amines) is 1. The smallest absolute Gasteiger partial charge is 0.217 e. The molecule has 0 radical (unpaired) electrons. The third-order valence-corrected chi connectivity index (χ3v) is 6.20. The van der Waals surface area contributed by atoms with Crippen molar-refractivity contribution in [2.75, 3.05) is 13.7 Å². The maximum atomic E-state index is 5.48. The van der Waals surface area contributed by atoms with Crippen LogP contribution < -0.4 is 10.1 Å². The molecule has 156 valence electrons. The molecule has 1 aromatic carbocycles. The van der Waals surface area contributed by atoms with E-state index in [1.807, 2.05) is 18.5 Å². The number of benzene rings is 1. The van der Waals surface area contributed by atoms with E-state index in [1.165, 1.54) is 5.56 Å². The van der Waals surface area contributed by atoms with Crippen molar-refractivity contribution in [3.05, 3.63) is 87.4 Å². The molecule has 1 fully saturated rings. The van der Waals surface area contributed by atoms with E-state index in [1.54, 1.807) is 7.11 Å². The molecule has 0 saturated carbocycles. The van der Waals surface area contributed by atoms with Crippen molar-refractivity contribution in [3.8, 4) is 5.88 Å². The van der Waals surface area contributed by atoms with Gasteiger partial charge in [0.15, 0.2) is 0 Å². The first-order valence-electron chi connectivity index (χ1n) is 10.4. The number of hydrogen-bond donors (Lipinski definition) is 1. The van der Waals surface area contributed by atoms with Crippen molar-refractivity contribution < 1.29 is 4.74 Å². The topological polar surface area (TPSA) is 50.3 Å². The fourth-order valence-corrected chi connectivity index (χ4v) is 4.79. The molecule has 4 rings (SSSR count). The molecule has 1 aliphatic rings. The number of ether oxygens (including phenoxy) is 1. The fourth-order valence-electron chi connectivity index (χ4n) is 4.27. The van der Waals surface area contributed by atoms with Crippen LogP contribution in [0.15, 0.2) is 67.0 Å². The van der Waals surface area contributed by atoms with Crippen molar-refractivity contribution in [3.63, 3.8) is 0 Å². The van der Waals surface area contributed by atoms with E-state index < -0.39 is 0 Å². The third kappa shape index (κ3) is 5.17. The molecule has 0 bridgehead atoms. The van der Waals surface area contributed by atoms with Gasteiger partial charge in [-0.1, -0.05) is 36.4 Å². The number of nitrogens with zero attached hydrogens (tertiary/aromatic N) is 3. The summed E-state index contributed by atoms with van der Waals surface area (Å²) < 4.78 is 6.59. The Balaban J connectivity index is 1.56. The summed E-state index contributed by atoms with van der Waals surface area (Å²) in [5.41, 5.74) is 3.55. The van der Waals surface area contributed by atoms with Gasteiger partial charge in [-0.25, -0.2) is 4.98 Å². The highest BCUT2D eigenvalue weighted by Crippen LogP contribution is 2.33. The van der Waals surface area contributed by atoms with Crippen molar-refractivity contribution in [1.82, 2.24) is 20.2 Å². The SMILES string of the molecule is COc1ncc(I)cc1CNC1CCCN(Cc2ccccn2)C1c1ccccc1. The number of piperidine rings is 1. The summed E-state index contributed by atoms with van der Waals surface area (Å²) in [5.74, 6) is 0.695. The Bertz CT molecular complexity index is 938. The van der Waals surface area contributed by atoms with Crippen LogP contribution in [0, 0.1) is 3.57 Å². The standard InChI is InChI=1S/C24H27IN4O/c1-30-24-19(14-20(25)16-28-24)15-27-22-11-7-13-29(17-21-10-5-6-12-26-21)23(22)18-8-3-2-4-9-18/h2-6,8-10,12,14,16,22-23,27H,7,11,13,15,17H2,1H3. The summed E-state index contributed by atoms with van der Waals surface area (Å²) in [4.78, 5) is 11.5. The second-order valence-electron chi connectivity index (χ2n) is 7.60. The average molecular weight is 514 g/mol. The van der Waals surface area contributed by atoms with Gasteiger partial charge in [-0.3, -0.25) is 9.88 Å². The normalized spacial score (nSPS) is 19.5. The Morgan fingerprint density at radius 3 is 2.73 bits per heavy atom. The van der Waals surface area contributed by atoms with Crippen LogP contribution in [0.2, 0.25) is 0 Å². The molecule has 1 saturated heterocycles. The molecule has 3 aromatic rings. The minimum Gasteiger partial charge on any atom is -0.481 e. The van der Waals surface area contributed by atoms with Gasteiger partial charge in [0.25, 0.3) is 0 Å². The van der Waals surface area contributed by atoms with Gasteiger partial charge in [0.05, 0.1) is 18.8 Å². The second kappa shape index (κ2) is 10.3. The van der Waals surface area contributed by atoms with Gasteiger partial charge in [0, 0.05) is 40.7 Å². The van der Waals surface area contributed by atoms with E-state index in [2.05, 4.69) is 91.3 Å². The molecule has 2 aromatic heterocycles. The van der Waals surface area contributed by atoms with Gasteiger partial charge in [0.2, 0.25) is 5.88 Å². The zero-order valence-corrected chi connectivity index (χ0v) is 19.3.